The molecule has 1 amide bonds. The van der Waals surface area contributed by atoms with Crippen LogP contribution in [0.25, 0.3) is 0 Å². The van der Waals surface area contributed by atoms with Crippen molar-refractivity contribution in [3.63, 3.8) is 0 Å². The molecule has 3 aromatic carbocycles. The maximum absolute atomic E-state index is 13.4. The Morgan fingerprint density at radius 3 is 2.24 bits per heavy atom. The molecule has 0 unspecified atom stereocenters. The third-order valence-electron chi connectivity index (χ3n) is 5.43. The van der Waals surface area contributed by atoms with E-state index in [1.807, 2.05) is 57.4 Å². The minimum absolute atomic E-state index is 0.136. The molecule has 0 aliphatic rings. The van der Waals surface area contributed by atoms with Crippen molar-refractivity contribution in [3.8, 4) is 5.75 Å². The fourth-order valence-corrected chi connectivity index (χ4v) is 5.08. The average Bonchev–Trinajstić information content (AvgIpc) is 2.83. The zero-order chi connectivity index (χ0) is 24.7. The van der Waals surface area contributed by atoms with Crippen LogP contribution in [-0.2, 0) is 14.8 Å². The van der Waals surface area contributed by atoms with Crippen molar-refractivity contribution < 1.29 is 17.9 Å². The van der Waals surface area contributed by atoms with E-state index in [9.17, 15) is 13.2 Å². The Labute approximate surface area is 206 Å². The molecular weight excluding hydrogens is 468 g/mol. The summed E-state index contributed by atoms with van der Waals surface area (Å²) in [5.74, 6) is 0.323. The van der Waals surface area contributed by atoms with Gasteiger partial charge in [-0.3, -0.25) is 9.10 Å². The maximum Gasteiger partial charge on any atom is 0.264 e. The molecule has 34 heavy (non-hydrogen) atoms. The van der Waals surface area contributed by atoms with Crippen LogP contribution in [0.2, 0.25) is 0 Å². The number of nitrogens with one attached hydrogen (secondary N) is 1. The summed E-state index contributed by atoms with van der Waals surface area (Å²) in [7, 11) is -3.94. The Hall–Kier alpha value is -2.97. The number of sulfonamides is 1. The standard InChI is InChI=1S/C26H30N2O4S2/c1-19-5-8-22(9-6-19)28(34(30,31)25-13-11-24(33-4)12-14-25)18-26(29)27-15-16-32-23-10-7-20(2)21(3)17-23/h5-14,17H,15-16,18H2,1-4H3,(H,27,29). The lowest BCUT2D eigenvalue weighted by molar-refractivity contribution is -0.119. The van der Waals surface area contributed by atoms with E-state index >= 15 is 0 Å². The Morgan fingerprint density at radius 2 is 1.62 bits per heavy atom. The molecule has 8 heteroatoms. The molecule has 0 heterocycles. The lowest BCUT2D eigenvalue weighted by Gasteiger charge is -2.24. The summed E-state index contributed by atoms with van der Waals surface area (Å²) in [4.78, 5) is 13.8. The van der Waals surface area contributed by atoms with Gasteiger partial charge in [0.15, 0.2) is 0 Å². The minimum atomic E-state index is -3.94. The quantitative estimate of drug-likeness (QED) is 0.323. The first-order valence-electron chi connectivity index (χ1n) is 10.9. The van der Waals surface area contributed by atoms with E-state index in [0.29, 0.717) is 5.69 Å². The van der Waals surface area contributed by atoms with E-state index in [-0.39, 0.29) is 24.6 Å². The molecule has 0 aromatic heterocycles. The number of nitrogens with zero attached hydrogens (tertiary/aromatic N) is 1. The lowest BCUT2D eigenvalue weighted by atomic mass is 10.1. The van der Waals surface area contributed by atoms with Crippen LogP contribution in [0.15, 0.2) is 76.5 Å². The highest BCUT2D eigenvalue weighted by Crippen LogP contribution is 2.25. The predicted octanol–water partition coefficient (Wildman–Crippen LogP) is 4.72. The summed E-state index contributed by atoms with van der Waals surface area (Å²) >= 11 is 1.53. The van der Waals surface area contributed by atoms with Gasteiger partial charge in [0.05, 0.1) is 17.1 Å². The van der Waals surface area contributed by atoms with E-state index in [1.54, 1.807) is 36.4 Å². The smallest absolute Gasteiger partial charge is 0.264 e. The molecule has 1 N–H and O–H groups in total. The van der Waals surface area contributed by atoms with Crippen LogP contribution in [-0.4, -0.2) is 40.3 Å². The maximum atomic E-state index is 13.4. The SMILES string of the molecule is CSc1ccc(S(=O)(=O)N(CC(=O)NCCOc2ccc(C)c(C)c2)c2ccc(C)cc2)cc1. The molecule has 0 radical (unpaired) electrons. The van der Waals surface area contributed by atoms with Gasteiger partial charge in [0.1, 0.15) is 18.9 Å². The zero-order valence-electron chi connectivity index (χ0n) is 19.9. The number of anilines is 1. The van der Waals surface area contributed by atoms with Gasteiger partial charge in [0.25, 0.3) is 10.0 Å². The first kappa shape index (κ1) is 25.6. The molecule has 0 fully saturated rings. The first-order valence-corrected chi connectivity index (χ1v) is 13.6. The lowest BCUT2D eigenvalue weighted by Crippen LogP contribution is -2.41. The van der Waals surface area contributed by atoms with Crippen LogP contribution in [0.1, 0.15) is 16.7 Å². The number of ether oxygens (including phenoxy) is 1. The molecule has 3 rings (SSSR count). The summed E-state index contributed by atoms with van der Waals surface area (Å²) < 4.78 is 33.7. The van der Waals surface area contributed by atoms with E-state index in [1.165, 1.54) is 17.3 Å². The van der Waals surface area contributed by atoms with Crippen LogP contribution in [0.5, 0.6) is 5.75 Å². The number of rotatable bonds is 10. The average molecular weight is 499 g/mol. The van der Waals surface area contributed by atoms with Crippen molar-refractivity contribution in [2.75, 3.05) is 30.3 Å². The van der Waals surface area contributed by atoms with Crippen molar-refractivity contribution in [2.24, 2.45) is 0 Å². The Morgan fingerprint density at radius 1 is 0.941 bits per heavy atom. The number of amides is 1. The topological polar surface area (TPSA) is 75.7 Å². The molecule has 180 valence electrons. The number of hydrogen-bond donors (Lipinski definition) is 1. The summed E-state index contributed by atoms with van der Waals surface area (Å²) in [6.45, 7) is 6.17. The van der Waals surface area contributed by atoms with Gasteiger partial charge in [0.2, 0.25) is 5.91 Å². The van der Waals surface area contributed by atoms with Crippen molar-refractivity contribution in [1.29, 1.82) is 0 Å². The number of hydrogen-bond acceptors (Lipinski definition) is 5. The van der Waals surface area contributed by atoms with E-state index in [2.05, 4.69) is 5.32 Å². The van der Waals surface area contributed by atoms with E-state index < -0.39 is 15.9 Å². The first-order chi connectivity index (χ1) is 16.2. The largest absolute Gasteiger partial charge is 0.492 e. The highest BCUT2D eigenvalue weighted by molar-refractivity contribution is 7.98. The Bertz CT molecular complexity index is 1220. The third kappa shape index (κ3) is 6.55. The Kier molecular flexibility index (Phi) is 8.63. The van der Waals surface area contributed by atoms with Gasteiger partial charge in [-0.15, -0.1) is 11.8 Å². The van der Waals surface area contributed by atoms with Crippen LogP contribution in [0.4, 0.5) is 5.69 Å². The second-order valence-electron chi connectivity index (χ2n) is 7.97. The summed E-state index contributed by atoms with van der Waals surface area (Å²) in [5.41, 5.74) is 3.74. The molecular formula is C26H30N2O4S2. The molecule has 3 aromatic rings. The second kappa shape index (κ2) is 11.4. The molecule has 0 spiro atoms. The van der Waals surface area contributed by atoms with Gasteiger partial charge < -0.3 is 10.1 Å². The highest BCUT2D eigenvalue weighted by Gasteiger charge is 2.27. The van der Waals surface area contributed by atoms with Gasteiger partial charge in [0, 0.05) is 4.90 Å². The van der Waals surface area contributed by atoms with Crippen molar-refractivity contribution in [2.45, 2.75) is 30.6 Å². The molecule has 0 aliphatic carbocycles. The third-order valence-corrected chi connectivity index (χ3v) is 7.96. The van der Waals surface area contributed by atoms with Gasteiger partial charge in [-0.2, -0.15) is 0 Å². The summed E-state index contributed by atoms with van der Waals surface area (Å²) in [5, 5.41) is 2.76. The highest BCUT2D eigenvalue weighted by atomic mass is 32.2. The fourth-order valence-electron chi connectivity index (χ4n) is 3.25. The van der Waals surface area contributed by atoms with Crippen LogP contribution in [0, 0.1) is 20.8 Å². The predicted molar refractivity (Wildman–Crippen MR) is 138 cm³/mol. The molecule has 0 aliphatic heterocycles. The Balaban J connectivity index is 1.70. The number of thioether (sulfide) groups is 1. The normalized spacial score (nSPS) is 11.2. The van der Waals surface area contributed by atoms with Crippen molar-refractivity contribution in [3.05, 3.63) is 83.4 Å². The van der Waals surface area contributed by atoms with Crippen LogP contribution >= 0.6 is 11.8 Å². The number of carbonyl (C=O) groups is 1. The van der Waals surface area contributed by atoms with Crippen LogP contribution in [0.3, 0.4) is 0 Å². The number of carbonyl (C=O) groups excluding carboxylic acids is 1. The minimum Gasteiger partial charge on any atom is -0.492 e. The molecule has 6 nitrogen and oxygen atoms in total. The molecule has 0 saturated heterocycles. The molecule has 0 bridgehead atoms. The second-order valence-corrected chi connectivity index (χ2v) is 10.7. The number of aryl methyl sites for hydroxylation is 3. The fraction of sp³-hybridized carbons (Fsp3) is 0.269. The summed E-state index contributed by atoms with van der Waals surface area (Å²) in [6, 6.07) is 19.5. The zero-order valence-corrected chi connectivity index (χ0v) is 21.5. The van der Waals surface area contributed by atoms with Gasteiger partial charge in [-0.05, 0) is 86.7 Å². The molecule has 0 atom stereocenters. The monoisotopic (exact) mass is 498 g/mol. The van der Waals surface area contributed by atoms with Crippen LogP contribution < -0.4 is 14.4 Å². The van der Waals surface area contributed by atoms with Crippen molar-refractivity contribution in [1.82, 2.24) is 5.32 Å². The summed E-state index contributed by atoms with van der Waals surface area (Å²) in [6.07, 6.45) is 1.93. The van der Waals surface area contributed by atoms with Gasteiger partial charge in [-0.1, -0.05) is 23.8 Å². The van der Waals surface area contributed by atoms with E-state index in [0.717, 1.165) is 26.1 Å². The van der Waals surface area contributed by atoms with E-state index in [4.69, 9.17) is 4.74 Å². The van der Waals surface area contributed by atoms with Gasteiger partial charge >= 0.3 is 0 Å². The van der Waals surface area contributed by atoms with Crippen molar-refractivity contribution >= 4 is 33.4 Å². The van der Waals surface area contributed by atoms with Gasteiger partial charge in [-0.25, -0.2) is 8.42 Å². The number of benzene rings is 3. The molecule has 0 saturated carbocycles.